The van der Waals surface area contributed by atoms with Crippen LogP contribution in [-0.2, 0) is 4.79 Å². The lowest BCUT2D eigenvalue weighted by molar-refractivity contribution is -0.119. The van der Waals surface area contributed by atoms with Crippen LogP contribution in [0.3, 0.4) is 0 Å². The van der Waals surface area contributed by atoms with Gasteiger partial charge in [0.25, 0.3) is 0 Å². The molecule has 15 heavy (non-hydrogen) atoms. The molecular formula is C9H13BrN2O3. The predicted octanol–water partition coefficient (Wildman–Crippen LogP) is 0.308. The minimum absolute atomic E-state index is 0.0210. The molecule has 5 nitrogen and oxygen atoms in total. The number of hydrogen-bond donors (Lipinski definition) is 4. The van der Waals surface area contributed by atoms with E-state index in [2.05, 4.69) is 26.2 Å². The molecule has 1 amide bonds. The van der Waals surface area contributed by atoms with Crippen molar-refractivity contribution < 1.29 is 15.0 Å². The van der Waals surface area contributed by atoms with E-state index in [9.17, 15) is 15.0 Å². The molecule has 0 saturated carbocycles. The maximum Gasteiger partial charge on any atom is 0.216 e. The van der Waals surface area contributed by atoms with Gasteiger partial charge in [0.05, 0.1) is 0 Å². The number of hydrogen-bond acceptors (Lipinski definition) is 3. The summed E-state index contributed by atoms with van der Waals surface area (Å²) in [5.74, 6) is -0.242. The summed E-state index contributed by atoms with van der Waals surface area (Å²) in [4.78, 5) is 13.4. The summed E-state index contributed by atoms with van der Waals surface area (Å²) < 4.78 is 0.795. The number of carbonyl (C=O) groups excluding carboxylic acids is 1. The van der Waals surface area contributed by atoms with Gasteiger partial charge in [-0.15, -0.1) is 0 Å². The second-order valence-electron chi connectivity index (χ2n) is 3.22. The summed E-state index contributed by atoms with van der Waals surface area (Å²) in [5.41, 5.74) is 0.500. The summed E-state index contributed by atoms with van der Waals surface area (Å²) in [6, 6.07) is 1.67. The fourth-order valence-corrected chi connectivity index (χ4v) is 1.48. The Morgan fingerprint density at radius 3 is 2.80 bits per heavy atom. The quantitative estimate of drug-likeness (QED) is 0.639. The van der Waals surface area contributed by atoms with E-state index in [-0.39, 0.29) is 12.5 Å². The zero-order chi connectivity index (χ0) is 11.4. The van der Waals surface area contributed by atoms with Gasteiger partial charge in [0.2, 0.25) is 5.91 Å². The molecule has 2 atom stereocenters. The van der Waals surface area contributed by atoms with Crippen LogP contribution in [0.4, 0.5) is 0 Å². The summed E-state index contributed by atoms with van der Waals surface area (Å²) in [7, 11) is 0. The molecule has 0 saturated heterocycles. The van der Waals surface area contributed by atoms with Gasteiger partial charge in [-0.25, -0.2) is 0 Å². The Balaban J connectivity index is 2.52. The van der Waals surface area contributed by atoms with Crippen molar-refractivity contribution in [3.63, 3.8) is 0 Å². The Morgan fingerprint density at radius 1 is 1.67 bits per heavy atom. The summed E-state index contributed by atoms with van der Waals surface area (Å²) in [6.45, 7) is 1.37. The molecule has 2 unspecified atom stereocenters. The highest BCUT2D eigenvalue weighted by molar-refractivity contribution is 9.10. The van der Waals surface area contributed by atoms with Crippen molar-refractivity contribution in [1.82, 2.24) is 10.3 Å². The standard InChI is InChI=1S/C9H13BrN2O3/c1-5(13)11-4-8(14)9(15)7-2-6(10)3-12-7/h2-3,8-9,12,14-15H,4H2,1H3,(H,11,13). The van der Waals surface area contributed by atoms with Crippen LogP contribution in [0.2, 0.25) is 0 Å². The number of aliphatic hydroxyl groups excluding tert-OH is 2. The Labute approximate surface area is 95.6 Å². The lowest BCUT2D eigenvalue weighted by Gasteiger charge is -2.16. The third-order valence-corrected chi connectivity index (χ3v) is 2.37. The number of aromatic nitrogens is 1. The van der Waals surface area contributed by atoms with Crippen molar-refractivity contribution in [2.75, 3.05) is 6.54 Å². The molecule has 1 aromatic heterocycles. The van der Waals surface area contributed by atoms with Crippen LogP contribution >= 0.6 is 15.9 Å². The molecule has 0 radical (unpaired) electrons. The minimum Gasteiger partial charge on any atom is -0.388 e. The zero-order valence-electron chi connectivity index (χ0n) is 8.20. The van der Waals surface area contributed by atoms with Gasteiger partial charge in [-0.1, -0.05) is 0 Å². The number of nitrogens with one attached hydrogen (secondary N) is 2. The summed E-state index contributed by atoms with van der Waals surface area (Å²) >= 11 is 3.22. The Hall–Kier alpha value is -0.850. The van der Waals surface area contributed by atoms with Gasteiger partial charge in [-0.2, -0.15) is 0 Å². The molecule has 1 aromatic rings. The fraction of sp³-hybridized carbons (Fsp3) is 0.444. The predicted molar refractivity (Wildman–Crippen MR) is 58.1 cm³/mol. The highest BCUT2D eigenvalue weighted by Crippen LogP contribution is 2.19. The lowest BCUT2D eigenvalue weighted by Crippen LogP contribution is -2.34. The van der Waals surface area contributed by atoms with Crippen LogP contribution in [0, 0.1) is 0 Å². The van der Waals surface area contributed by atoms with E-state index >= 15 is 0 Å². The Morgan fingerprint density at radius 2 is 2.33 bits per heavy atom. The average molecular weight is 277 g/mol. The van der Waals surface area contributed by atoms with Crippen molar-refractivity contribution in [1.29, 1.82) is 0 Å². The zero-order valence-corrected chi connectivity index (χ0v) is 9.78. The van der Waals surface area contributed by atoms with Crippen LogP contribution in [0.15, 0.2) is 16.7 Å². The number of halogens is 1. The Bertz CT molecular complexity index is 340. The van der Waals surface area contributed by atoms with E-state index in [0.717, 1.165) is 4.47 Å². The highest BCUT2D eigenvalue weighted by Gasteiger charge is 2.19. The average Bonchev–Trinajstić information content (AvgIpc) is 2.60. The topological polar surface area (TPSA) is 85.3 Å². The van der Waals surface area contributed by atoms with Crippen LogP contribution in [0.5, 0.6) is 0 Å². The van der Waals surface area contributed by atoms with Gasteiger partial charge in [0.1, 0.15) is 12.2 Å². The van der Waals surface area contributed by atoms with Gasteiger partial charge >= 0.3 is 0 Å². The second kappa shape index (κ2) is 5.29. The number of aliphatic hydroxyl groups is 2. The first-order chi connectivity index (χ1) is 7.00. The van der Waals surface area contributed by atoms with Crippen LogP contribution in [0.25, 0.3) is 0 Å². The number of amides is 1. The molecule has 84 valence electrons. The van der Waals surface area contributed by atoms with E-state index < -0.39 is 12.2 Å². The van der Waals surface area contributed by atoms with E-state index in [1.54, 1.807) is 12.3 Å². The first-order valence-electron chi connectivity index (χ1n) is 4.45. The van der Waals surface area contributed by atoms with Gasteiger partial charge in [0, 0.05) is 29.8 Å². The molecule has 1 heterocycles. The summed E-state index contributed by atoms with van der Waals surface area (Å²) in [6.07, 6.45) is -0.411. The van der Waals surface area contributed by atoms with E-state index in [0.29, 0.717) is 5.69 Å². The summed E-state index contributed by atoms with van der Waals surface area (Å²) in [5, 5.41) is 21.6. The van der Waals surface area contributed by atoms with Crippen molar-refractivity contribution in [2.45, 2.75) is 19.1 Å². The first-order valence-corrected chi connectivity index (χ1v) is 5.24. The van der Waals surface area contributed by atoms with Gasteiger partial charge in [0.15, 0.2) is 0 Å². The second-order valence-corrected chi connectivity index (χ2v) is 4.14. The number of carbonyl (C=O) groups is 1. The third-order valence-electron chi connectivity index (χ3n) is 1.91. The van der Waals surface area contributed by atoms with Crippen molar-refractivity contribution in [2.24, 2.45) is 0 Å². The maximum absolute atomic E-state index is 10.6. The fourth-order valence-electron chi connectivity index (χ4n) is 1.12. The minimum atomic E-state index is -1.04. The van der Waals surface area contributed by atoms with Crippen molar-refractivity contribution in [3.05, 3.63) is 22.4 Å². The van der Waals surface area contributed by atoms with E-state index in [1.165, 1.54) is 6.92 Å². The molecule has 0 aliphatic rings. The van der Waals surface area contributed by atoms with Gasteiger partial charge < -0.3 is 20.5 Å². The molecule has 0 bridgehead atoms. The van der Waals surface area contributed by atoms with Crippen molar-refractivity contribution >= 4 is 21.8 Å². The molecule has 0 spiro atoms. The van der Waals surface area contributed by atoms with E-state index in [1.807, 2.05) is 0 Å². The highest BCUT2D eigenvalue weighted by atomic mass is 79.9. The SMILES string of the molecule is CC(=O)NCC(O)C(O)c1cc(Br)c[nH]1. The number of rotatable bonds is 4. The monoisotopic (exact) mass is 276 g/mol. The van der Waals surface area contributed by atoms with Crippen LogP contribution < -0.4 is 5.32 Å². The normalized spacial score (nSPS) is 14.7. The Kier molecular flexibility index (Phi) is 4.31. The molecule has 0 aromatic carbocycles. The molecule has 0 fully saturated rings. The number of aromatic amines is 1. The smallest absolute Gasteiger partial charge is 0.216 e. The lowest BCUT2D eigenvalue weighted by atomic mass is 10.1. The number of H-pyrrole nitrogens is 1. The third kappa shape index (κ3) is 3.65. The molecule has 0 aliphatic heterocycles. The molecular weight excluding hydrogens is 264 g/mol. The van der Waals surface area contributed by atoms with Crippen molar-refractivity contribution in [3.8, 4) is 0 Å². The van der Waals surface area contributed by atoms with Crippen LogP contribution in [-0.4, -0.2) is 33.8 Å². The van der Waals surface area contributed by atoms with Gasteiger partial charge in [-0.3, -0.25) is 4.79 Å². The molecule has 0 aliphatic carbocycles. The first kappa shape index (κ1) is 12.2. The van der Waals surface area contributed by atoms with Gasteiger partial charge in [-0.05, 0) is 22.0 Å². The molecule has 1 rings (SSSR count). The largest absolute Gasteiger partial charge is 0.388 e. The van der Waals surface area contributed by atoms with Crippen LogP contribution in [0.1, 0.15) is 18.7 Å². The molecule has 6 heteroatoms. The van der Waals surface area contributed by atoms with E-state index in [4.69, 9.17) is 0 Å². The molecule has 4 N–H and O–H groups in total. The maximum atomic E-state index is 10.6.